The van der Waals surface area contributed by atoms with Crippen LogP contribution in [0.4, 0.5) is 0 Å². The van der Waals surface area contributed by atoms with E-state index in [0.717, 1.165) is 33.4 Å². The van der Waals surface area contributed by atoms with Crippen LogP contribution in [0.15, 0.2) is 24.3 Å². The third-order valence-corrected chi connectivity index (χ3v) is 21.1. The second-order valence-corrected chi connectivity index (χ2v) is 21.6. The summed E-state index contributed by atoms with van der Waals surface area (Å²) in [6.07, 6.45) is 0. The van der Waals surface area contributed by atoms with E-state index in [0.29, 0.717) is 11.1 Å². The van der Waals surface area contributed by atoms with Crippen LogP contribution in [0.1, 0.15) is 61.0 Å². The molecule has 1 atom stereocenters. The van der Waals surface area contributed by atoms with Crippen LogP contribution in [0, 0.1) is 41.5 Å². The molecule has 0 N–H and O–H groups in total. The zero-order chi connectivity index (χ0) is 27.4. The molecule has 0 heterocycles. The Labute approximate surface area is 223 Å². The van der Waals surface area contributed by atoms with Gasteiger partial charge in [-0.1, -0.05) is 42.3 Å². The van der Waals surface area contributed by atoms with E-state index < -0.39 is 51.9 Å². The molecule has 36 heavy (non-hydrogen) atoms. The molecule has 0 aliphatic rings. The molecule has 0 radical (unpaired) electrons. The van der Waals surface area contributed by atoms with Crippen LogP contribution in [-0.4, -0.2) is 66.1 Å². The van der Waals surface area contributed by atoms with E-state index in [1.54, 1.807) is 21.3 Å². The van der Waals surface area contributed by atoms with Crippen molar-refractivity contribution in [3.63, 3.8) is 0 Å². The zero-order valence-electron chi connectivity index (χ0n) is 23.4. The highest BCUT2D eigenvalue weighted by molar-refractivity contribution is 7.99. The van der Waals surface area contributed by atoms with Gasteiger partial charge in [0.25, 0.3) is 0 Å². The minimum atomic E-state index is -4.29. The molecule has 0 saturated heterocycles. The lowest BCUT2D eigenvalue weighted by Crippen LogP contribution is -2.52. The Bertz CT molecular complexity index is 1070. The Morgan fingerprint density at radius 2 is 1.06 bits per heavy atom. The number of hydrogen-bond acceptors (Lipinski definition) is 6. The molecule has 2 aromatic rings. The minimum Gasteiger partial charge on any atom is -0.427 e. The van der Waals surface area contributed by atoms with Crippen LogP contribution >= 0.6 is 7.14 Å². The molecule has 0 aliphatic heterocycles. The molecule has 10 heteroatoms. The lowest BCUT2D eigenvalue weighted by molar-refractivity contribution is 0.103. The number of hydrogen-bond donors (Lipinski definition) is 0. The van der Waals surface area contributed by atoms with Crippen molar-refractivity contribution in [2.45, 2.75) is 58.4 Å². The number of rotatable bonds is 12. The molecule has 2 aromatic carbocycles. The first-order valence-corrected chi connectivity index (χ1v) is 17.8. The highest BCUT2D eigenvalue weighted by atomic mass is 31.2. The average Bonchev–Trinajstić information content (AvgIpc) is 2.76. The Balaban J connectivity index is 3.05. The zero-order valence-corrected chi connectivity index (χ0v) is 28.5. The van der Waals surface area contributed by atoms with Crippen LogP contribution in [0.2, 0.25) is 5.54 Å². The Morgan fingerprint density at radius 3 is 1.33 bits per heavy atom. The summed E-state index contributed by atoms with van der Waals surface area (Å²) in [6.45, 7) is 13.3. The summed E-state index contributed by atoms with van der Waals surface area (Å²) in [7, 11) is -3.98. The van der Waals surface area contributed by atoms with E-state index in [4.69, 9.17) is 13.3 Å². The van der Waals surface area contributed by atoms with Crippen molar-refractivity contribution in [1.82, 2.24) is 0 Å². The second kappa shape index (κ2) is 12.4. The van der Waals surface area contributed by atoms with E-state index in [9.17, 15) is 9.59 Å². The smallest absolute Gasteiger partial charge is 0.229 e. The summed E-state index contributed by atoms with van der Waals surface area (Å²) in [4.78, 5) is 29.3. The number of benzene rings is 2. The van der Waals surface area contributed by atoms with Crippen LogP contribution in [0.3, 0.4) is 0 Å². The molecule has 2 rings (SSSR count). The van der Waals surface area contributed by atoms with Gasteiger partial charge < -0.3 is 17.8 Å². The van der Waals surface area contributed by atoms with Gasteiger partial charge in [-0.05, 0) is 69.3 Å². The van der Waals surface area contributed by atoms with Crippen molar-refractivity contribution in [2.75, 3.05) is 21.3 Å². The van der Waals surface area contributed by atoms with Gasteiger partial charge in [0.2, 0.25) is 18.2 Å². The van der Waals surface area contributed by atoms with Crippen molar-refractivity contribution in [2.24, 2.45) is 0 Å². The van der Waals surface area contributed by atoms with E-state index >= 15 is 4.57 Å². The van der Waals surface area contributed by atoms with Crippen molar-refractivity contribution in [3.05, 3.63) is 68.8 Å². The lowest BCUT2D eigenvalue weighted by Gasteiger charge is -2.42. The molecular weight excluding hydrogens is 524 g/mol. The van der Waals surface area contributed by atoms with Crippen LogP contribution in [0.25, 0.3) is 0 Å². The predicted molar refractivity (Wildman–Crippen MR) is 156 cm³/mol. The Kier molecular flexibility index (Phi) is 10.6. The normalized spacial score (nSPS) is 15.4. The van der Waals surface area contributed by atoms with E-state index in [1.165, 1.54) is 0 Å². The number of carbonyl (C=O) groups excluding carboxylic acids is 2. The van der Waals surface area contributed by atoms with Crippen LogP contribution < -0.4 is 0 Å². The van der Waals surface area contributed by atoms with Gasteiger partial charge in [-0.25, -0.2) is 0 Å². The minimum absolute atomic E-state index is 0.225. The fraction of sp³-hybridized carbons (Fsp3) is 0.462. The predicted octanol–water partition coefficient (Wildman–Crippen LogP) is 3.53. The molecule has 0 fully saturated rings. The molecule has 198 valence electrons. The Morgan fingerprint density at radius 1 is 0.722 bits per heavy atom. The standard InChI is InChI=1S/C26H41O6PSi3/c1-15-11-17(3)22(18(4)12-15)24(27)33(29,25(28)23-19(5)13-16(2)14-20(23)6)26(35-31-9,36-32-10)21(7)34-30-8/h11-14,21H,34-36H2,1-10H3. The lowest BCUT2D eigenvalue weighted by atomic mass is 10.0. The summed E-state index contributed by atoms with van der Waals surface area (Å²) >= 11 is 0. The summed E-state index contributed by atoms with van der Waals surface area (Å²) in [5.41, 5.74) is 4.35. The maximum Gasteiger partial charge on any atom is 0.229 e. The van der Waals surface area contributed by atoms with Crippen molar-refractivity contribution in [3.8, 4) is 0 Å². The summed E-state index contributed by atoms with van der Waals surface area (Å²) < 4.78 is 31.8. The van der Waals surface area contributed by atoms with Gasteiger partial charge >= 0.3 is 0 Å². The molecule has 0 aliphatic carbocycles. The van der Waals surface area contributed by atoms with Crippen LogP contribution in [0.5, 0.6) is 0 Å². The quantitative estimate of drug-likeness (QED) is 0.290. The first-order valence-electron chi connectivity index (χ1n) is 12.1. The van der Waals surface area contributed by atoms with E-state index in [-0.39, 0.29) is 5.54 Å². The average molecular weight is 565 g/mol. The van der Waals surface area contributed by atoms with Crippen molar-refractivity contribution in [1.29, 1.82) is 0 Å². The molecule has 0 amide bonds. The molecule has 0 spiro atoms. The first kappa shape index (κ1) is 30.8. The van der Waals surface area contributed by atoms with Gasteiger partial charge in [0, 0.05) is 32.5 Å². The fourth-order valence-corrected chi connectivity index (χ4v) is 18.8. The molecule has 0 aromatic heterocycles. The molecule has 0 saturated carbocycles. The van der Waals surface area contributed by atoms with Gasteiger partial charge in [0.1, 0.15) is 0 Å². The highest BCUT2D eigenvalue weighted by Crippen LogP contribution is 2.66. The maximum atomic E-state index is 15.7. The van der Waals surface area contributed by atoms with Crippen molar-refractivity contribution < 1.29 is 27.4 Å². The fourth-order valence-electron chi connectivity index (χ4n) is 5.57. The third-order valence-electron chi connectivity index (χ3n) is 7.10. The van der Waals surface area contributed by atoms with Gasteiger partial charge in [-0.15, -0.1) is 0 Å². The monoisotopic (exact) mass is 564 g/mol. The Hall–Kier alpha value is -1.46. The first-order chi connectivity index (χ1) is 16.8. The molecular formula is C26H41O6PSi3. The molecule has 0 bridgehead atoms. The third kappa shape index (κ3) is 5.53. The van der Waals surface area contributed by atoms with Crippen LogP contribution in [-0.2, 0) is 17.8 Å². The van der Waals surface area contributed by atoms with Gasteiger partial charge in [0.15, 0.2) is 29.3 Å². The SMILES string of the molecule is CO[SiH2]C(C)C([SiH2]OC)([SiH2]OC)P(=O)(C(=O)c1c(C)cc(C)cc1C)C(=O)c1c(C)cc(C)cc1C. The van der Waals surface area contributed by atoms with E-state index in [1.807, 2.05) is 72.7 Å². The van der Waals surface area contributed by atoms with Crippen molar-refractivity contribution >= 4 is 47.5 Å². The highest BCUT2D eigenvalue weighted by Gasteiger charge is 2.62. The number of carbonyl (C=O) groups is 2. The maximum absolute atomic E-state index is 15.7. The van der Waals surface area contributed by atoms with E-state index in [2.05, 4.69) is 0 Å². The second-order valence-electron chi connectivity index (χ2n) is 10.1. The number of aryl methyl sites for hydroxylation is 6. The topological polar surface area (TPSA) is 78.9 Å². The summed E-state index contributed by atoms with van der Waals surface area (Å²) in [5.74, 6) is 0. The summed E-state index contributed by atoms with van der Waals surface area (Å²) in [5, 5.41) is 0. The molecule has 6 nitrogen and oxygen atoms in total. The van der Waals surface area contributed by atoms with Gasteiger partial charge in [0.05, 0.1) is 4.40 Å². The van der Waals surface area contributed by atoms with Gasteiger partial charge in [-0.2, -0.15) is 0 Å². The van der Waals surface area contributed by atoms with Gasteiger partial charge in [-0.3, -0.25) is 9.59 Å². The summed E-state index contributed by atoms with van der Waals surface area (Å²) in [6, 6.07) is 7.64. The largest absolute Gasteiger partial charge is 0.427 e. The molecule has 1 unspecified atom stereocenters.